The van der Waals surface area contributed by atoms with E-state index in [1.54, 1.807) is 12.1 Å². The Morgan fingerprint density at radius 1 is 1.08 bits per heavy atom. The Hall–Kier alpha value is -1.60. The van der Waals surface area contributed by atoms with Crippen molar-refractivity contribution < 1.29 is 18.3 Å². The lowest BCUT2D eigenvalue weighted by atomic mass is 10.2. The van der Waals surface area contributed by atoms with Crippen LogP contribution in [0.3, 0.4) is 0 Å². The van der Waals surface area contributed by atoms with Gasteiger partial charge in [0, 0.05) is 24.8 Å². The van der Waals surface area contributed by atoms with Crippen molar-refractivity contribution in [1.29, 1.82) is 0 Å². The molecule has 1 fully saturated rings. The average Bonchev–Trinajstić information content (AvgIpc) is 3.09. The lowest BCUT2D eigenvalue weighted by Crippen LogP contribution is -2.46. The van der Waals surface area contributed by atoms with E-state index < -0.39 is 16.1 Å². The second kappa shape index (κ2) is 8.67. The second-order valence-corrected chi connectivity index (χ2v) is 8.41. The second-order valence-electron chi connectivity index (χ2n) is 6.47. The number of carbonyl (C=O) groups excluding carboxylic acids is 1. The summed E-state index contributed by atoms with van der Waals surface area (Å²) in [6.07, 6.45) is 3.90. The van der Waals surface area contributed by atoms with Crippen LogP contribution in [0.2, 0.25) is 0 Å². The number of amides is 1. The van der Waals surface area contributed by atoms with Gasteiger partial charge in [-0.05, 0) is 49.9 Å². The minimum Gasteiger partial charge on any atom is -0.530 e. The molecule has 0 atom stereocenters. The number of carbonyl (C=O) groups is 1. The number of sulfonamides is 1. The maximum atomic E-state index is 12.8. The molecule has 1 aromatic rings. The van der Waals surface area contributed by atoms with Gasteiger partial charge in [0.1, 0.15) is 6.09 Å². The van der Waals surface area contributed by atoms with Gasteiger partial charge < -0.3 is 14.8 Å². The molecule has 7 heteroatoms. The fourth-order valence-corrected chi connectivity index (χ4v) is 5.03. The molecule has 25 heavy (non-hydrogen) atoms. The number of nitrogens with zero attached hydrogens (tertiary/aromatic N) is 2. The van der Waals surface area contributed by atoms with E-state index in [0.29, 0.717) is 18.8 Å². The van der Waals surface area contributed by atoms with E-state index in [2.05, 4.69) is 0 Å². The van der Waals surface area contributed by atoms with Crippen molar-refractivity contribution in [3.8, 4) is 0 Å². The molecule has 0 spiro atoms. The van der Waals surface area contributed by atoms with Gasteiger partial charge in [-0.25, -0.2) is 8.42 Å². The van der Waals surface area contributed by atoms with Crippen LogP contribution in [0.5, 0.6) is 0 Å². The number of benzene rings is 1. The molecule has 0 bridgehead atoms. The van der Waals surface area contributed by atoms with Crippen LogP contribution in [0.1, 0.15) is 52.4 Å². The van der Waals surface area contributed by atoms with Crippen molar-refractivity contribution in [3.63, 3.8) is 0 Å². The summed E-state index contributed by atoms with van der Waals surface area (Å²) in [5.74, 6) is 0. The molecule has 2 rings (SSSR count). The van der Waals surface area contributed by atoms with Crippen LogP contribution in [0.4, 0.5) is 10.5 Å². The molecular formula is C18H27N2O4S-. The van der Waals surface area contributed by atoms with Gasteiger partial charge in [0.25, 0.3) is 0 Å². The zero-order valence-corrected chi connectivity index (χ0v) is 15.8. The summed E-state index contributed by atoms with van der Waals surface area (Å²) < 4.78 is 27.0. The first-order chi connectivity index (χ1) is 11.9. The Morgan fingerprint density at radius 3 is 2.04 bits per heavy atom. The van der Waals surface area contributed by atoms with Crippen LogP contribution in [-0.4, -0.2) is 37.9 Å². The molecule has 0 aliphatic heterocycles. The molecule has 1 aliphatic rings. The molecule has 0 radical (unpaired) electrons. The molecule has 0 unspecified atom stereocenters. The quantitative estimate of drug-likeness (QED) is 0.707. The minimum absolute atomic E-state index is 0.0795. The van der Waals surface area contributed by atoms with E-state index in [-0.39, 0.29) is 10.9 Å². The molecule has 1 aromatic carbocycles. The zero-order chi connectivity index (χ0) is 18.4. The fraction of sp³-hybridized carbons (Fsp3) is 0.611. The van der Waals surface area contributed by atoms with Gasteiger partial charge in [0.2, 0.25) is 10.0 Å². The highest BCUT2D eigenvalue weighted by Gasteiger charge is 2.26. The Balaban J connectivity index is 2.26. The van der Waals surface area contributed by atoms with Gasteiger partial charge in [-0.15, -0.1) is 0 Å². The van der Waals surface area contributed by atoms with Crippen molar-refractivity contribution in [1.82, 2.24) is 4.31 Å². The van der Waals surface area contributed by atoms with Gasteiger partial charge in [-0.1, -0.05) is 26.7 Å². The summed E-state index contributed by atoms with van der Waals surface area (Å²) in [5, 5.41) is 11.5. The van der Waals surface area contributed by atoms with E-state index in [1.165, 1.54) is 21.3 Å². The van der Waals surface area contributed by atoms with Gasteiger partial charge in [0.15, 0.2) is 0 Å². The van der Waals surface area contributed by atoms with Crippen LogP contribution in [0.25, 0.3) is 0 Å². The average molecular weight is 367 g/mol. The summed E-state index contributed by atoms with van der Waals surface area (Å²) in [6, 6.07) is 6.04. The first kappa shape index (κ1) is 19.7. The van der Waals surface area contributed by atoms with Crippen molar-refractivity contribution in [2.45, 2.75) is 63.3 Å². The number of carboxylic acid groups (broad SMARTS) is 1. The molecule has 0 heterocycles. The molecule has 0 aromatic heterocycles. The highest BCUT2D eigenvalue weighted by molar-refractivity contribution is 7.89. The molecule has 1 amide bonds. The van der Waals surface area contributed by atoms with Crippen molar-refractivity contribution >= 4 is 21.8 Å². The van der Waals surface area contributed by atoms with E-state index in [9.17, 15) is 18.3 Å². The molecule has 0 saturated heterocycles. The Bertz CT molecular complexity index is 661. The monoisotopic (exact) mass is 367 g/mol. The first-order valence-corrected chi connectivity index (χ1v) is 10.5. The van der Waals surface area contributed by atoms with Crippen LogP contribution in [0, 0.1) is 0 Å². The van der Waals surface area contributed by atoms with Crippen molar-refractivity contribution in [2.75, 3.05) is 18.0 Å². The highest BCUT2D eigenvalue weighted by Crippen LogP contribution is 2.29. The Morgan fingerprint density at radius 2 is 1.60 bits per heavy atom. The van der Waals surface area contributed by atoms with Gasteiger partial charge in [-0.3, -0.25) is 0 Å². The summed E-state index contributed by atoms with van der Waals surface area (Å²) in [7, 11) is -3.56. The van der Waals surface area contributed by atoms with E-state index in [4.69, 9.17) is 0 Å². The molecule has 6 nitrogen and oxygen atoms in total. The lowest BCUT2D eigenvalue weighted by Gasteiger charge is -2.31. The molecule has 0 N–H and O–H groups in total. The topological polar surface area (TPSA) is 80.8 Å². The number of anilines is 1. The molecule has 140 valence electrons. The third-order valence-corrected chi connectivity index (χ3v) is 6.50. The fourth-order valence-electron chi connectivity index (χ4n) is 3.41. The highest BCUT2D eigenvalue weighted by atomic mass is 32.2. The maximum Gasteiger partial charge on any atom is 0.243 e. The van der Waals surface area contributed by atoms with Crippen LogP contribution in [0.15, 0.2) is 29.2 Å². The molecule has 1 aliphatic carbocycles. The smallest absolute Gasteiger partial charge is 0.243 e. The minimum atomic E-state index is -3.56. The van der Waals surface area contributed by atoms with Crippen molar-refractivity contribution in [3.05, 3.63) is 24.3 Å². The van der Waals surface area contributed by atoms with Crippen LogP contribution < -0.4 is 10.0 Å². The van der Waals surface area contributed by atoms with E-state index in [0.717, 1.165) is 38.5 Å². The largest absolute Gasteiger partial charge is 0.530 e. The third kappa shape index (κ3) is 4.52. The van der Waals surface area contributed by atoms with Crippen molar-refractivity contribution in [2.24, 2.45) is 0 Å². The number of hydrogen-bond acceptors (Lipinski definition) is 4. The summed E-state index contributed by atoms with van der Waals surface area (Å²) in [4.78, 5) is 13.0. The standard InChI is InChI=1S/C18H28N2O4S/c1-3-13-19(14-4-2)25(23,24)17-11-9-16(10-12-17)20(18(21)22)15-7-5-6-8-15/h9-12,15H,3-8,13-14H2,1-2H3,(H,21,22)/p-1. The third-order valence-electron chi connectivity index (χ3n) is 4.59. The maximum absolute atomic E-state index is 12.8. The Kier molecular flexibility index (Phi) is 6.84. The van der Waals surface area contributed by atoms with Crippen LogP contribution in [-0.2, 0) is 10.0 Å². The number of rotatable bonds is 8. The van der Waals surface area contributed by atoms with Gasteiger partial charge in [-0.2, -0.15) is 4.31 Å². The van der Waals surface area contributed by atoms with Crippen LogP contribution >= 0.6 is 0 Å². The van der Waals surface area contributed by atoms with Gasteiger partial charge in [0.05, 0.1) is 4.90 Å². The molecule has 1 saturated carbocycles. The predicted octanol–water partition coefficient (Wildman–Crippen LogP) is 2.59. The van der Waals surface area contributed by atoms with E-state index >= 15 is 0 Å². The molecular weight excluding hydrogens is 340 g/mol. The summed E-state index contributed by atoms with van der Waals surface area (Å²) >= 11 is 0. The van der Waals surface area contributed by atoms with E-state index in [1.807, 2.05) is 13.8 Å². The first-order valence-electron chi connectivity index (χ1n) is 9.02. The summed E-state index contributed by atoms with van der Waals surface area (Å²) in [6.45, 7) is 4.84. The normalized spacial score (nSPS) is 15.6. The number of hydrogen-bond donors (Lipinski definition) is 0. The Labute approximate surface area is 150 Å². The summed E-state index contributed by atoms with van der Waals surface area (Å²) in [5.41, 5.74) is 0.475. The van der Waals surface area contributed by atoms with Gasteiger partial charge >= 0.3 is 0 Å². The zero-order valence-electron chi connectivity index (χ0n) is 15.0. The predicted molar refractivity (Wildman–Crippen MR) is 95.9 cm³/mol. The SMILES string of the molecule is CCCN(CCC)S(=O)(=O)c1ccc(N(C(=O)[O-])C2CCCC2)cc1. The lowest BCUT2D eigenvalue weighted by molar-refractivity contribution is -0.247.